The molecule has 1 fully saturated rings. The van der Waals surface area contributed by atoms with Crippen LogP contribution in [0, 0.1) is 0 Å². The summed E-state index contributed by atoms with van der Waals surface area (Å²) < 4.78 is 0. The number of likely N-dealkylation sites (N-methyl/N-ethyl adjacent to an activating group) is 1. The Labute approximate surface area is 161 Å². The van der Waals surface area contributed by atoms with Crippen molar-refractivity contribution in [3.8, 4) is 0 Å². The number of aromatic nitrogens is 1. The summed E-state index contributed by atoms with van der Waals surface area (Å²) >= 11 is 6.02. The zero-order chi connectivity index (χ0) is 14.2. The van der Waals surface area contributed by atoms with Crippen LogP contribution < -0.4 is 0 Å². The van der Waals surface area contributed by atoms with E-state index in [0.717, 1.165) is 44.7 Å². The van der Waals surface area contributed by atoms with Gasteiger partial charge in [-0.15, -0.1) is 37.2 Å². The predicted octanol–water partition coefficient (Wildman–Crippen LogP) is 2.90. The van der Waals surface area contributed by atoms with Crippen LogP contribution in [0.25, 0.3) is 0 Å². The van der Waals surface area contributed by atoms with Crippen molar-refractivity contribution in [3.05, 3.63) is 30.1 Å². The second-order valence-corrected chi connectivity index (χ2v) is 5.31. The molecule has 0 atom stereocenters. The maximum Gasteiger partial charge on any atom is 0.177 e. The van der Waals surface area contributed by atoms with Gasteiger partial charge in [0.15, 0.2) is 5.17 Å². The number of halogens is 4. The number of pyridine rings is 1. The van der Waals surface area contributed by atoms with Crippen LogP contribution in [0.3, 0.4) is 0 Å². The Bertz CT molecular complexity index is 428. The van der Waals surface area contributed by atoms with Gasteiger partial charge in [0.05, 0.1) is 0 Å². The molecule has 0 amide bonds. The first-order valence-electron chi connectivity index (χ1n) is 6.92. The van der Waals surface area contributed by atoms with E-state index < -0.39 is 0 Å². The van der Waals surface area contributed by atoms with Crippen molar-refractivity contribution in [3.63, 3.8) is 0 Å². The smallest absolute Gasteiger partial charge is 0.177 e. The van der Waals surface area contributed by atoms with Crippen molar-refractivity contribution in [2.45, 2.75) is 6.42 Å². The van der Waals surface area contributed by atoms with Gasteiger partial charge < -0.3 is 14.6 Å². The Morgan fingerprint density at radius 3 is 2.57 bits per heavy atom. The largest absolute Gasteiger partial charge is 0.395 e. The predicted molar refractivity (Wildman–Crippen MR) is 103 cm³/mol. The summed E-state index contributed by atoms with van der Waals surface area (Å²) in [4.78, 5) is 14.0. The summed E-state index contributed by atoms with van der Waals surface area (Å²) in [6.45, 7) is 6.20. The molecule has 0 saturated carbocycles. The second kappa shape index (κ2) is 14.1. The lowest BCUT2D eigenvalue weighted by atomic mass is 10.3. The Hall–Kier alpha value is -0.300. The number of piperazine rings is 1. The molecule has 2 rings (SSSR count). The fourth-order valence-corrected chi connectivity index (χ4v) is 2.22. The first kappa shape index (κ1) is 24.9. The summed E-state index contributed by atoms with van der Waals surface area (Å²) in [5, 5.41) is 4.25. The van der Waals surface area contributed by atoms with E-state index >= 15 is 0 Å². The van der Waals surface area contributed by atoms with Crippen LogP contribution in [0.4, 0.5) is 0 Å². The Morgan fingerprint density at radius 2 is 1.96 bits per heavy atom. The molecule has 1 aliphatic rings. The van der Waals surface area contributed by atoms with Crippen LogP contribution in [-0.2, 0) is 4.84 Å². The van der Waals surface area contributed by atoms with Gasteiger partial charge in [0.2, 0.25) is 0 Å². The van der Waals surface area contributed by atoms with Gasteiger partial charge in [0, 0.05) is 50.7 Å². The molecular weight excluding hydrogens is 382 g/mol. The molecule has 23 heavy (non-hydrogen) atoms. The molecule has 0 spiro atoms. The highest BCUT2D eigenvalue weighted by atomic mass is 35.5. The van der Waals surface area contributed by atoms with Gasteiger partial charge in [-0.3, -0.25) is 4.98 Å². The third-order valence-electron chi connectivity index (χ3n) is 3.35. The lowest BCUT2D eigenvalue weighted by molar-refractivity contribution is 0.111. The number of rotatable bonds is 6. The third-order valence-corrected chi connectivity index (χ3v) is 3.64. The molecule has 0 N–H and O–H groups in total. The molecule has 134 valence electrons. The van der Waals surface area contributed by atoms with Gasteiger partial charge in [-0.2, -0.15) is 0 Å². The maximum absolute atomic E-state index is 6.02. The van der Waals surface area contributed by atoms with Crippen molar-refractivity contribution in [2.75, 3.05) is 46.4 Å². The first-order chi connectivity index (χ1) is 9.75. The minimum Gasteiger partial charge on any atom is -0.395 e. The van der Waals surface area contributed by atoms with Gasteiger partial charge >= 0.3 is 0 Å². The Balaban J connectivity index is 0. The molecule has 0 aliphatic carbocycles. The van der Waals surface area contributed by atoms with E-state index in [1.54, 1.807) is 12.4 Å². The van der Waals surface area contributed by atoms with E-state index in [-0.39, 0.29) is 37.2 Å². The van der Waals surface area contributed by atoms with Crippen molar-refractivity contribution in [1.82, 2.24) is 14.8 Å². The lowest BCUT2D eigenvalue weighted by Gasteiger charge is -2.32. The summed E-state index contributed by atoms with van der Waals surface area (Å²) in [6, 6.07) is 3.67. The van der Waals surface area contributed by atoms with E-state index in [1.165, 1.54) is 0 Å². The summed E-state index contributed by atoms with van der Waals surface area (Å²) in [5.74, 6) is 0. The molecule has 0 aromatic carbocycles. The highest BCUT2D eigenvalue weighted by Gasteiger charge is 2.12. The number of nitrogens with zero attached hydrogens (tertiary/aromatic N) is 4. The molecule has 5 nitrogen and oxygen atoms in total. The summed E-state index contributed by atoms with van der Waals surface area (Å²) in [7, 11) is 2.16. The van der Waals surface area contributed by atoms with Crippen LogP contribution >= 0.6 is 48.8 Å². The van der Waals surface area contributed by atoms with Gasteiger partial charge in [0.25, 0.3) is 0 Å². The molecule has 1 saturated heterocycles. The molecule has 0 unspecified atom stereocenters. The number of hydrogen-bond donors (Lipinski definition) is 0. The van der Waals surface area contributed by atoms with Gasteiger partial charge in [-0.25, -0.2) is 0 Å². The maximum atomic E-state index is 6.02. The summed E-state index contributed by atoms with van der Waals surface area (Å²) in [6.07, 6.45) is 4.33. The third kappa shape index (κ3) is 9.55. The standard InChI is InChI=1S/C14H21ClN4O.3ClH/c1-18-7-9-19(10-8-18)6-3-11-20-17-14(15)13-4-2-5-16-12-13;;;/h2,4-5,12H,3,6-11H2,1H3;3*1H. The molecule has 2 heterocycles. The molecule has 0 bridgehead atoms. The SMILES string of the molecule is CN1CCN(CCCON=C(Cl)c2cccnc2)CC1.Cl.Cl.Cl. The zero-order valence-corrected chi connectivity index (χ0v) is 16.3. The van der Waals surface area contributed by atoms with E-state index in [4.69, 9.17) is 16.4 Å². The minimum absolute atomic E-state index is 0. The average Bonchev–Trinajstić information content (AvgIpc) is 2.49. The molecule has 1 aliphatic heterocycles. The van der Waals surface area contributed by atoms with Gasteiger partial charge in [-0.1, -0.05) is 16.8 Å². The zero-order valence-electron chi connectivity index (χ0n) is 13.1. The van der Waals surface area contributed by atoms with E-state index in [2.05, 4.69) is 27.0 Å². The minimum atomic E-state index is 0. The van der Waals surface area contributed by atoms with E-state index in [0.29, 0.717) is 11.8 Å². The van der Waals surface area contributed by atoms with Crippen LogP contribution in [0.2, 0.25) is 0 Å². The quantitative estimate of drug-likeness (QED) is 0.414. The normalized spacial score (nSPS) is 15.8. The highest BCUT2D eigenvalue weighted by molar-refractivity contribution is 6.69. The van der Waals surface area contributed by atoms with E-state index in [1.807, 2.05) is 12.1 Å². The molecule has 9 heteroatoms. The van der Waals surface area contributed by atoms with Crippen molar-refractivity contribution in [1.29, 1.82) is 0 Å². The monoisotopic (exact) mass is 404 g/mol. The molecule has 1 aromatic rings. The summed E-state index contributed by atoms with van der Waals surface area (Å²) in [5.41, 5.74) is 0.772. The van der Waals surface area contributed by atoms with Crippen molar-refractivity contribution >= 4 is 54.0 Å². The fourth-order valence-electron chi connectivity index (χ4n) is 2.06. The first-order valence-corrected chi connectivity index (χ1v) is 7.30. The van der Waals surface area contributed by atoms with Crippen LogP contribution in [0.1, 0.15) is 12.0 Å². The lowest BCUT2D eigenvalue weighted by Crippen LogP contribution is -2.44. The average molecular weight is 406 g/mol. The van der Waals surface area contributed by atoms with E-state index in [9.17, 15) is 0 Å². The molecular formula is C14H24Cl4N4O. The molecule has 0 radical (unpaired) electrons. The van der Waals surface area contributed by atoms with Crippen molar-refractivity contribution in [2.24, 2.45) is 5.16 Å². The number of hydrogen-bond acceptors (Lipinski definition) is 5. The second-order valence-electron chi connectivity index (χ2n) is 4.96. The van der Waals surface area contributed by atoms with Gasteiger partial charge in [-0.05, 0) is 25.6 Å². The molecule has 1 aromatic heterocycles. The van der Waals surface area contributed by atoms with Crippen LogP contribution in [-0.4, -0.2) is 66.3 Å². The Kier molecular flexibility index (Phi) is 15.3. The van der Waals surface area contributed by atoms with Gasteiger partial charge in [0.1, 0.15) is 6.61 Å². The van der Waals surface area contributed by atoms with Crippen LogP contribution in [0.5, 0.6) is 0 Å². The highest BCUT2D eigenvalue weighted by Crippen LogP contribution is 2.04. The Morgan fingerprint density at radius 1 is 1.26 bits per heavy atom. The number of oxime groups is 1. The fraction of sp³-hybridized carbons (Fsp3) is 0.571. The topological polar surface area (TPSA) is 41.0 Å². The van der Waals surface area contributed by atoms with Crippen molar-refractivity contribution < 1.29 is 4.84 Å². The van der Waals surface area contributed by atoms with Crippen LogP contribution in [0.15, 0.2) is 29.7 Å².